The van der Waals surface area contributed by atoms with Crippen molar-refractivity contribution in [2.75, 3.05) is 26.1 Å². The van der Waals surface area contributed by atoms with Crippen LogP contribution in [-0.2, 0) is 4.74 Å². The van der Waals surface area contributed by atoms with Gasteiger partial charge in [-0.25, -0.2) is 4.98 Å². The molecular formula is C20H21ClN2O3S. The van der Waals surface area contributed by atoms with Gasteiger partial charge in [0.05, 0.1) is 35.2 Å². The van der Waals surface area contributed by atoms with E-state index in [0.717, 1.165) is 0 Å². The Morgan fingerprint density at radius 1 is 1.19 bits per heavy atom. The molecule has 0 unspecified atom stereocenters. The predicted octanol–water partition coefficient (Wildman–Crippen LogP) is 4.43. The molecule has 1 aromatic heterocycles. The molecule has 0 bridgehead atoms. The Bertz CT molecular complexity index is 977. The number of benzene rings is 2. The third-order valence-corrected chi connectivity index (χ3v) is 5.26. The van der Waals surface area contributed by atoms with Crippen LogP contribution in [-0.4, -0.2) is 35.6 Å². The van der Waals surface area contributed by atoms with E-state index < -0.39 is 0 Å². The van der Waals surface area contributed by atoms with E-state index in [1.165, 1.54) is 11.8 Å². The third kappa shape index (κ3) is 4.64. The maximum absolute atomic E-state index is 13.0. The number of methoxy groups -OCH3 is 1. The van der Waals surface area contributed by atoms with Gasteiger partial charge in [-0.1, -0.05) is 47.6 Å². The molecule has 0 aliphatic heterocycles. The van der Waals surface area contributed by atoms with Crippen molar-refractivity contribution < 1.29 is 9.47 Å². The highest BCUT2D eigenvalue weighted by molar-refractivity contribution is 7.99. The minimum atomic E-state index is -0.119. The second kappa shape index (κ2) is 9.26. The molecule has 0 N–H and O–H groups in total. The number of thioether (sulfide) groups is 1. The molecule has 3 aromatic rings. The average Bonchev–Trinajstić information content (AvgIpc) is 2.67. The summed E-state index contributed by atoms with van der Waals surface area (Å²) in [6, 6.07) is 14.6. The highest BCUT2D eigenvalue weighted by Crippen LogP contribution is 2.25. The molecule has 0 saturated carbocycles. The van der Waals surface area contributed by atoms with Crippen molar-refractivity contribution in [3.05, 3.63) is 63.9 Å². The smallest absolute Gasteiger partial charge is 0.262 e. The van der Waals surface area contributed by atoms with E-state index in [1.807, 2.05) is 43.3 Å². The fourth-order valence-corrected chi connectivity index (χ4v) is 3.88. The summed E-state index contributed by atoms with van der Waals surface area (Å²) in [7, 11) is 1.63. The summed E-state index contributed by atoms with van der Waals surface area (Å²) < 4.78 is 12.7. The topological polar surface area (TPSA) is 53.4 Å². The summed E-state index contributed by atoms with van der Waals surface area (Å²) in [4.78, 5) is 17.7. The first-order chi connectivity index (χ1) is 13.1. The molecule has 0 aliphatic rings. The summed E-state index contributed by atoms with van der Waals surface area (Å²) in [5.74, 6) is 1.28. The Balaban J connectivity index is 1.81. The van der Waals surface area contributed by atoms with Gasteiger partial charge in [-0.05, 0) is 31.2 Å². The summed E-state index contributed by atoms with van der Waals surface area (Å²) in [6.07, 6.45) is 0. The minimum Gasteiger partial charge on any atom is -0.491 e. The largest absolute Gasteiger partial charge is 0.491 e. The summed E-state index contributed by atoms with van der Waals surface area (Å²) in [5.41, 5.74) is 0.637. The van der Waals surface area contributed by atoms with Gasteiger partial charge in [0.15, 0.2) is 5.16 Å². The first-order valence-electron chi connectivity index (χ1n) is 8.62. The molecule has 0 fully saturated rings. The molecule has 7 heteroatoms. The summed E-state index contributed by atoms with van der Waals surface area (Å²) in [5, 5.41) is 1.85. The standard InChI is InChI=1S/C20H21ClN2O3S/c1-14(13-25-2)23-19(24)15-7-3-5-9-17(15)22-20(23)27-12-11-26-18-10-6-4-8-16(18)21/h3-10,14H,11-13H2,1-2H3/t14-/m0/s1. The summed E-state index contributed by atoms with van der Waals surface area (Å²) >= 11 is 7.59. The van der Waals surface area contributed by atoms with Crippen LogP contribution in [0.4, 0.5) is 0 Å². The van der Waals surface area contributed by atoms with E-state index in [1.54, 1.807) is 23.8 Å². The average molecular weight is 405 g/mol. The lowest BCUT2D eigenvalue weighted by Crippen LogP contribution is -2.28. The van der Waals surface area contributed by atoms with Crippen molar-refractivity contribution in [1.29, 1.82) is 0 Å². The van der Waals surface area contributed by atoms with Gasteiger partial charge >= 0.3 is 0 Å². The number of rotatable bonds is 8. The van der Waals surface area contributed by atoms with Crippen molar-refractivity contribution in [2.24, 2.45) is 0 Å². The fourth-order valence-electron chi connectivity index (χ4n) is 2.78. The lowest BCUT2D eigenvalue weighted by molar-refractivity contribution is 0.156. The van der Waals surface area contributed by atoms with Gasteiger partial charge in [0.2, 0.25) is 0 Å². The second-order valence-corrected chi connectivity index (χ2v) is 7.49. The van der Waals surface area contributed by atoms with Gasteiger partial charge in [0.25, 0.3) is 5.56 Å². The number of halogens is 1. The van der Waals surface area contributed by atoms with Crippen LogP contribution in [0, 0.1) is 0 Å². The number of hydrogen-bond acceptors (Lipinski definition) is 5. The molecule has 1 atom stereocenters. The van der Waals surface area contributed by atoms with Gasteiger partial charge in [-0.15, -0.1) is 0 Å². The van der Waals surface area contributed by atoms with Crippen LogP contribution in [0.15, 0.2) is 58.5 Å². The minimum absolute atomic E-state index is 0.0559. The number of fused-ring (bicyclic) bond motifs is 1. The number of para-hydroxylation sites is 2. The van der Waals surface area contributed by atoms with Gasteiger partial charge in [-0.3, -0.25) is 9.36 Å². The van der Waals surface area contributed by atoms with E-state index in [9.17, 15) is 4.79 Å². The van der Waals surface area contributed by atoms with Crippen molar-refractivity contribution in [1.82, 2.24) is 9.55 Å². The van der Waals surface area contributed by atoms with E-state index in [2.05, 4.69) is 0 Å². The van der Waals surface area contributed by atoms with Crippen LogP contribution in [0.1, 0.15) is 13.0 Å². The number of nitrogens with zero attached hydrogens (tertiary/aromatic N) is 2. The number of ether oxygens (including phenoxy) is 2. The van der Waals surface area contributed by atoms with E-state index >= 15 is 0 Å². The normalized spacial score (nSPS) is 12.3. The molecular weight excluding hydrogens is 384 g/mol. The van der Waals surface area contributed by atoms with Crippen molar-refractivity contribution >= 4 is 34.3 Å². The number of aromatic nitrogens is 2. The molecule has 1 heterocycles. The fraction of sp³-hybridized carbons (Fsp3) is 0.300. The highest BCUT2D eigenvalue weighted by Gasteiger charge is 2.16. The van der Waals surface area contributed by atoms with Crippen LogP contribution >= 0.6 is 23.4 Å². The van der Waals surface area contributed by atoms with Gasteiger partial charge in [0.1, 0.15) is 5.75 Å². The molecule has 0 spiro atoms. The number of hydrogen-bond donors (Lipinski definition) is 0. The third-order valence-electron chi connectivity index (χ3n) is 4.03. The van der Waals surface area contributed by atoms with Crippen LogP contribution in [0.25, 0.3) is 10.9 Å². The Labute approximate surface area is 167 Å². The lowest BCUT2D eigenvalue weighted by atomic mass is 10.2. The SMILES string of the molecule is COC[C@H](C)n1c(SCCOc2ccccc2Cl)nc2ccccc2c1=O. The van der Waals surface area contributed by atoms with Gasteiger partial charge in [-0.2, -0.15) is 0 Å². The molecule has 27 heavy (non-hydrogen) atoms. The first kappa shape index (κ1) is 19.7. The molecule has 2 aromatic carbocycles. The zero-order valence-electron chi connectivity index (χ0n) is 15.2. The van der Waals surface area contributed by atoms with Crippen molar-refractivity contribution in [2.45, 2.75) is 18.1 Å². The van der Waals surface area contributed by atoms with Crippen molar-refractivity contribution in [3.63, 3.8) is 0 Å². The Morgan fingerprint density at radius 3 is 2.70 bits per heavy atom. The maximum Gasteiger partial charge on any atom is 0.262 e. The Kier molecular flexibility index (Phi) is 6.77. The Morgan fingerprint density at radius 2 is 1.93 bits per heavy atom. The van der Waals surface area contributed by atoms with E-state index in [0.29, 0.717) is 45.8 Å². The second-order valence-electron chi connectivity index (χ2n) is 6.02. The van der Waals surface area contributed by atoms with Gasteiger partial charge in [0, 0.05) is 12.9 Å². The Hall–Kier alpha value is -2.02. The molecule has 142 valence electrons. The van der Waals surface area contributed by atoms with E-state index in [-0.39, 0.29) is 11.6 Å². The van der Waals surface area contributed by atoms with Crippen LogP contribution in [0.5, 0.6) is 5.75 Å². The molecule has 0 saturated heterocycles. The molecule has 5 nitrogen and oxygen atoms in total. The predicted molar refractivity (Wildman–Crippen MR) is 110 cm³/mol. The molecule has 0 aliphatic carbocycles. The molecule has 0 amide bonds. The summed E-state index contributed by atoms with van der Waals surface area (Å²) in [6.45, 7) is 2.84. The molecule has 3 rings (SSSR count). The first-order valence-corrected chi connectivity index (χ1v) is 9.98. The zero-order chi connectivity index (χ0) is 19.2. The van der Waals surface area contributed by atoms with Crippen LogP contribution < -0.4 is 10.3 Å². The van der Waals surface area contributed by atoms with Crippen LogP contribution in [0.2, 0.25) is 5.02 Å². The maximum atomic E-state index is 13.0. The molecule has 0 radical (unpaired) electrons. The quantitative estimate of drug-likeness (QED) is 0.316. The highest BCUT2D eigenvalue weighted by atomic mass is 35.5. The monoisotopic (exact) mass is 404 g/mol. The lowest BCUT2D eigenvalue weighted by Gasteiger charge is -2.19. The van der Waals surface area contributed by atoms with E-state index in [4.69, 9.17) is 26.1 Å². The van der Waals surface area contributed by atoms with Crippen molar-refractivity contribution in [3.8, 4) is 5.75 Å². The van der Waals surface area contributed by atoms with Crippen LogP contribution in [0.3, 0.4) is 0 Å². The zero-order valence-corrected chi connectivity index (χ0v) is 16.8. The van der Waals surface area contributed by atoms with Gasteiger partial charge < -0.3 is 9.47 Å².